The summed E-state index contributed by atoms with van der Waals surface area (Å²) in [5.74, 6) is -0.930. The predicted molar refractivity (Wildman–Crippen MR) is 334 cm³/mol. The van der Waals surface area contributed by atoms with Gasteiger partial charge in [0, 0.05) is 19.3 Å². The number of esters is 3. The minimum atomic E-state index is -0.794. The first-order chi connectivity index (χ1) is 38.0. The number of rotatable bonds is 57. The van der Waals surface area contributed by atoms with Gasteiger partial charge in [-0.2, -0.15) is 0 Å². The molecule has 0 rings (SSSR count). The quantitative estimate of drug-likeness (QED) is 0.0261. The van der Waals surface area contributed by atoms with Crippen molar-refractivity contribution in [1.82, 2.24) is 0 Å². The Kier molecular flexibility index (Phi) is 60.8. The maximum absolute atomic E-state index is 12.9. The van der Waals surface area contributed by atoms with Crippen molar-refractivity contribution < 1.29 is 28.6 Å². The minimum Gasteiger partial charge on any atom is -0.462 e. The maximum atomic E-state index is 12.9. The van der Waals surface area contributed by atoms with Crippen LogP contribution in [-0.4, -0.2) is 37.2 Å². The molecule has 0 aliphatic carbocycles. The van der Waals surface area contributed by atoms with Gasteiger partial charge < -0.3 is 14.2 Å². The van der Waals surface area contributed by atoms with Crippen LogP contribution in [0.15, 0.2) is 122 Å². The smallest absolute Gasteiger partial charge is 0.306 e. The average molecular weight is 1070 g/mol. The summed E-state index contributed by atoms with van der Waals surface area (Å²) in [5.41, 5.74) is 0. The Morgan fingerprint density at radius 3 is 0.792 bits per heavy atom. The molecule has 0 saturated heterocycles. The van der Waals surface area contributed by atoms with Crippen molar-refractivity contribution >= 4 is 17.9 Å². The zero-order valence-corrected chi connectivity index (χ0v) is 50.2. The van der Waals surface area contributed by atoms with Crippen molar-refractivity contribution in [3.63, 3.8) is 0 Å². The molecule has 0 aliphatic heterocycles. The average Bonchev–Trinajstić information content (AvgIpc) is 3.43. The van der Waals surface area contributed by atoms with Gasteiger partial charge in [-0.25, -0.2) is 0 Å². The highest BCUT2D eigenvalue weighted by atomic mass is 16.6. The second-order valence-corrected chi connectivity index (χ2v) is 21.0. The highest BCUT2D eigenvalue weighted by molar-refractivity contribution is 5.71. The predicted octanol–water partition coefficient (Wildman–Crippen LogP) is 22.0. The molecule has 0 aromatic carbocycles. The summed E-state index contributed by atoms with van der Waals surface area (Å²) in [6.45, 7) is 6.49. The van der Waals surface area contributed by atoms with Crippen molar-refractivity contribution in [2.24, 2.45) is 0 Å². The van der Waals surface area contributed by atoms with Crippen LogP contribution >= 0.6 is 0 Å². The van der Waals surface area contributed by atoms with Gasteiger partial charge in [0.2, 0.25) is 0 Å². The number of carbonyl (C=O) groups excluding carboxylic acids is 3. The Morgan fingerprint density at radius 2 is 0.506 bits per heavy atom. The fraction of sp³-hybridized carbons (Fsp3) is 0.676. The molecule has 0 spiro atoms. The number of carbonyl (C=O) groups is 3. The SMILES string of the molecule is CC/C=C\C/C=C\C/C=C\C/C=C\C/C=C\C/C=C\C/C=C\C/C=C\C/C=C\C/C=C\CCCCC(=O)OCC(COC(=O)CCCCCCCCCCCC)OC(=O)CCCCCCCCCCCCCCCCCC. The number of allylic oxidation sites excluding steroid dienone is 20. The highest BCUT2D eigenvalue weighted by Gasteiger charge is 2.19. The first-order valence-corrected chi connectivity index (χ1v) is 32.0. The Balaban J connectivity index is 4.31. The molecule has 0 aromatic heterocycles. The zero-order valence-electron chi connectivity index (χ0n) is 50.2. The van der Waals surface area contributed by atoms with Crippen LogP contribution in [0.4, 0.5) is 0 Å². The van der Waals surface area contributed by atoms with E-state index in [9.17, 15) is 14.4 Å². The number of ether oxygens (including phenoxy) is 3. The fourth-order valence-electron chi connectivity index (χ4n) is 8.71. The lowest BCUT2D eigenvalue weighted by Crippen LogP contribution is -2.30. The first-order valence-electron chi connectivity index (χ1n) is 32.0. The minimum absolute atomic E-state index is 0.0895. The molecule has 1 unspecified atom stereocenters. The maximum Gasteiger partial charge on any atom is 0.306 e. The molecule has 0 radical (unpaired) electrons. The van der Waals surface area contributed by atoms with E-state index in [2.05, 4.69) is 142 Å². The Bertz CT molecular complexity index is 1600. The van der Waals surface area contributed by atoms with E-state index in [4.69, 9.17) is 14.2 Å². The van der Waals surface area contributed by atoms with Gasteiger partial charge in [0.25, 0.3) is 0 Å². The third-order valence-corrected chi connectivity index (χ3v) is 13.5. The summed E-state index contributed by atoms with van der Waals surface area (Å²) >= 11 is 0. The van der Waals surface area contributed by atoms with Crippen LogP contribution in [0.3, 0.4) is 0 Å². The van der Waals surface area contributed by atoms with E-state index >= 15 is 0 Å². The van der Waals surface area contributed by atoms with Gasteiger partial charge in [-0.3, -0.25) is 14.4 Å². The molecule has 1 atom stereocenters. The lowest BCUT2D eigenvalue weighted by atomic mass is 10.0. The molecule has 0 amide bonds. The van der Waals surface area contributed by atoms with E-state index in [1.54, 1.807) is 0 Å². The van der Waals surface area contributed by atoms with Crippen molar-refractivity contribution in [1.29, 1.82) is 0 Å². The van der Waals surface area contributed by atoms with Crippen LogP contribution in [-0.2, 0) is 28.6 Å². The summed E-state index contributed by atoms with van der Waals surface area (Å²) in [4.78, 5) is 38.2. The largest absolute Gasteiger partial charge is 0.462 e. The zero-order chi connectivity index (χ0) is 55.7. The standard InChI is InChI=1S/C71H118O6/c1-4-7-10-13-16-19-22-24-26-28-29-30-31-32-33-34-35-36-37-38-39-40-41-42-43-44-46-47-49-52-55-58-61-64-70(73)76-67-68(66-75-69(72)63-60-57-54-51-21-18-15-12-9-6-3)77-71(74)65-62-59-56-53-50-48-45-27-25-23-20-17-14-11-8-5-2/h7,10,16,19,24,26,29-30,32-33,35-36,38-39,41-42,44,46,49,52,68H,4-6,8-9,11-15,17-18,20-23,25,27-28,31,34,37,40,43,45,47-48,50-51,53-67H2,1-3H3/b10-7-,19-16-,26-24-,30-29-,33-32-,36-35-,39-38-,42-41-,46-44-,52-49-. The lowest BCUT2D eigenvalue weighted by molar-refractivity contribution is -0.167. The van der Waals surface area contributed by atoms with E-state index < -0.39 is 6.10 Å². The fourth-order valence-corrected chi connectivity index (χ4v) is 8.71. The Morgan fingerprint density at radius 1 is 0.273 bits per heavy atom. The molecule has 77 heavy (non-hydrogen) atoms. The third kappa shape index (κ3) is 62.5. The number of hydrogen-bond acceptors (Lipinski definition) is 6. The summed E-state index contributed by atoms with van der Waals surface area (Å²) in [6, 6.07) is 0. The van der Waals surface area contributed by atoms with E-state index in [-0.39, 0.29) is 31.1 Å². The molecule has 0 N–H and O–H groups in total. The van der Waals surface area contributed by atoms with Gasteiger partial charge >= 0.3 is 17.9 Å². The number of unbranched alkanes of at least 4 members (excludes halogenated alkanes) is 26. The van der Waals surface area contributed by atoms with Crippen molar-refractivity contribution in [2.75, 3.05) is 13.2 Å². The monoisotopic (exact) mass is 1070 g/mol. The molecule has 438 valence electrons. The van der Waals surface area contributed by atoms with E-state index in [0.29, 0.717) is 19.3 Å². The van der Waals surface area contributed by atoms with E-state index in [1.165, 1.54) is 128 Å². The van der Waals surface area contributed by atoms with Crippen molar-refractivity contribution in [3.8, 4) is 0 Å². The second kappa shape index (κ2) is 64.3. The molecule has 0 bridgehead atoms. The Hall–Kier alpha value is -4.19. The summed E-state index contributed by atoms with van der Waals surface area (Å²) in [6.07, 6.45) is 89.3. The van der Waals surface area contributed by atoms with Crippen molar-refractivity contribution in [3.05, 3.63) is 122 Å². The van der Waals surface area contributed by atoms with Crippen LogP contribution < -0.4 is 0 Å². The first kappa shape index (κ1) is 72.8. The molecule has 6 nitrogen and oxygen atoms in total. The third-order valence-electron chi connectivity index (χ3n) is 13.5. The molecule has 0 aromatic rings. The second-order valence-electron chi connectivity index (χ2n) is 21.0. The van der Waals surface area contributed by atoms with Crippen LogP contribution in [0, 0.1) is 0 Å². The van der Waals surface area contributed by atoms with Crippen LogP contribution in [0.25, 0.3) is 0 Å². The van der Waals surface area contributed by atoms with Gasteiger partial charge in [-0.05, 0) is 96.3 Å². The highest BCUT2D eigenvalue weighted by Crippen LogP contribution is 2.16. The van der Waals surface area contributed by atoms with Crippen LogP contribution in [0.2, 0.25) is 0 Å². The molecule has 0 heterocycles. The molecular weight excluding hydrogens is 949 g/mol. The Labute approximate surface area is 475 Å². The molecule has 0 aliphatic rings. The molecule has 0 fully saturated rings. The summed E-state index contributed by atoms with van der Waals surface area (Å²) in [5, 5.41) is 0. The summed E-state index contributed by atoms with van der Waals surface area (Å²) < 4.78 is 16.8. The van der Waals surface area contributed by atoms with Crippen molar-refractivity contribution in [2.45, 2.75) is 297 Å². The van der Waals surface area contributed by atoms with Gasteiger partial charge in [0.1, 0.15) is 13.2 Å². The van der Waals surface area contributed by atoms with E-state index in [0.717, 1.165) is 122 Å². The van der Waals surface area contributed by atoms with Gasteiger partial charge in [0.15, 0.2) is 6.10 Å². The van der Waals surface area contributed by atoms with Crippen LogP contribution in [0.1, 0.15) is 290 Å². The van der Waals surface area contributed by atoms with Crippen LogP contribution in [0.5, 0.6) is 0 Å². The van der Waals surface area contributed by atoms with Gasteiger partial charge in [0.05, 0.1) is 0 Å². The van der Waals surface area contributed by atoms with Gasteiger partial charge in [-0.15, -0.1) is 0 Å². The number of hydrogen-bond donors (Lipinski definition) is 0. The normalized spacial score (nSPS) is 12.9. The molecule has 6 heteroatoms. The van der Waals surface area contributed by atoms with Gasteiger partial charge in [-0.1, -0.05) is 296 Å². The molecule has 0 saturated carbocycles. The topological polar surface area (TPSA) is 78.9 Å². The molecular formula is C71H118O6. The lowest BCUT2D eigenvalue weighted by Gasteiger charge is -2.18. The van der Waals surface area contributed by atoms with E-state index in [1.807, 2.05) is 0 Å². The summed E-state index contributed by atoms with van der Waals surface area (Å²) in [7, 11) is 0.